The zero-order chi connectivity index (χ0) is 18.1. The maximum absolute atomic E-state index is 13.0. The highest BCUT2D eigenvalue weighted by Gasteiger charge is 2.11. The first-order chi connectivity index (χ1) is 12.6. The number of hydrogen-bond donors (Lipinski definition) is 2. The van der Waals surface area contributed by atoms with Crippen LogP contribution >= 0.6 is 11.3 Å². The molecule has 0 saturated carbocycles. The molecule has 5 nitrogen and oxygen atoms in total. The molecule has 0 unspecified atom stereocenters. The Bertz CT molecular complexity index is 1100. The quantitative estimate of drug-likeness (QED) is 0.577. The summed E-state index contributed by atoms with van der Waals surface area (Å²) in [5.74, 6) is -0.0976. The van der Waals surface area contributed by atoms with Crippen molar-refractivity contribution in [1.82, 2.24) is 14.8 Å². The molecule has 4 aromatic rings. The van der Waals surface area contributed by atoms with Crippen LogP contribution in [0.5, 0.6) is 5.75 Å². The maximum Gasteiger partial charge on any atom is 0.273 e. The lowest BCUT2D eigenvalue weighted by Crippen LogP contribution is -2.13. The zero-order valence-corrected chi connectivity index (χ0v) is 14.3. The molecule has 0 saturated heterocycles. The van der Waals surface area contributed by atoms with Crippen molar-refractivity contribution in [2.75, 3.05) is 0 Å². The number of nitrogens with zero attached hydrogens (tertiary/aromatic N) is 2. The number of aromatic amines is 1. The standard InChI is InChI=1S/C19H14FN3O2S/c20-14-5-1-12(2-6-14)9-15-10-18(25)23(22-15)19-21-17(11-26-19)13-3-7-16(24)8-4-13/h1-8,10-11,22,24H,9H2. The summed E-state index contributed by atoms with van der Waals surface area (Å²) >= 11 is 1.35. The smallest absolute Gasteiger partial charge is 0.273 e. The lowest BCUT2D eigenvalue weighted by atomic mass is 10.1. The van der Waals surface area contributed by atoms with E-state index in [9.17, 15) is 14.3 Å². The second kappa shape index (κ2) is 6.61. The molecule has 130 valence electrons. The van der Waals surface area contributed by atoms with Gasteiger partial charge in [0.05, 0.1) is 5.69 Å². The Morgan fingerprint density at radius 1 is 1.12 bits per heavy atom. The molecule has 7 heteroatoms. The van der Waals surface area contributed by atoms with Gasteiger partial charge in [0.15, 0.2) is 0 Å². The number of phenols is 1. The van der Waals surface area contributed by atoms with E-state index in [1.165, 1.54) is 34.2 Å². The molecule has 0 spiro atoms. The first-order valence-electron chi connectivity index (χ1n) is 7.89. The average Bonchev–Trinajstić information content (AvgIpc) is 3.24. The van der Waals surface area contributed by atoms with Crippen LogP contribution < -0.4 is 5.56 Å². The molecular weight excluding hydrogens is 353 g/mol. The van der Waals surface area contributed by atoms with E-state index in [2.05, 4.69) is 10.1 Å². The van der Waals surface area contributed by atoms with Crippen molar-refractivity contribution in [1.29, 1.82) is 0 Å². The molecule has 2 heterocycles. The van der Waals surface area contributed by atoms with Gasteiger partial charge >= 0.3 is 0 Å². The van der Waals surface area contributed by atoms with Crippen molar-refractivity contribution in [3.05, 3.63) is 87.4 Å². The van der Waals surface area contributed by atoms with Gasteiger partial charge in [0.25, 0.3) is 5.56 Å². The van der Waals surface area contributed by atoms with E-state index in [1.54, 1.807) is 36.4 Å². The van der Waals surface area contributed by atoms with E-state index < -0.39 is 0 Å². The SMILES string of the molecule is O=c1cc(Cc2ccc(F)cc2)[nH]n1-c1nc(-c2ccc(O)cc2)cs1. The minimum absolute atomic E-state index is 0.190. The Labute approximate surface area is 152 Å². The number of hydrogen-bond acceptors (Lipinski definition) is 4. The van der Waals surface area contributed by atoms with E-state index in [0.29, 0.717) is 11.6 Å². The van der Waals surface area contributed by atoms with Crippen LogP contribution in [0.4, 0.5) is 4.39 Å². The van der Waals surface area contributed by atoms with E-state index in [0.717, 1.165) is 22.5 Å². The Hall–Kier alpha value is -3.19. The fourth-order valence-corrected chi connectivity index (χ4v) is 3.43. The van der Waals surface area contributed by atoms with E-state index in [4.69, 9.17) is 0 Å². The molecular formula is C19H14FN3O2S. The number of H-pyrrole nitrogens is 1. The Morgan fingerprint density at radius 3 is 2.58 bits per heavy atom. The number of phenolic OH excluding ortho intramolecular Hbond substituents is 1. The number of halogens is 1. The molecule has 0 aliphatic rings. The molecule has 26 heavy (non-hydrogen) atoms. The molecule has 0 aliphatic heterocycles. The van der Waals surface area contributed by atoms with Crippen LogP contribution in [0, 0.1) is 5.82 Å². The van der Waals surface area contributed by atoms with Gasteiger partial charge in [-0.1, -0.05) is 12.1 Å². The van der Waals surface area contributed by atoms with Gasteiger partial charge in [0.2, 0.25) is 5.13 Å². The van der Waals surface area contributed by atoms with Crippen molar-refractivity contribution in [2.45, 2.75) is 6.42 Å². The van der Waals surface area contributed by atoms with Crippen molar-refractivity contribution < 1.29 is 9.50 Å². The van der Waals surface area contributed by atoms with Gasteiger partial charge in [-0.05, 0) is 42.0 Å². The molecule has 0 amide bonds. The minimum Gasteiger partial charge on any atom is -0.508 e. The van der Waals surface area contributed by atoms with Crippen LogP contribution in [-0.4, -0.2) is 19.9 Å². The van der Waals surface area contributed by atoms with E-state index in [-0.39, 0.29) is 17.1 Å². The van der Waals surface area contributed by atoms with Gasteiger partial charge in [0, 0.05) is 29.1 Å². The summed E-state index contributed by atoms with van der Waals surface area (Å²) in [6, 6.07) is 14.4. The zero-order valence-electron chi connectivity index (χ0n) is 13.5. The lowest BCUT2D eigenvalue weighted by molar-refractivity contribution is 0.475. The largest absolute Gasteiger partial charge is 0.508 e. The van der Waals surface area contributed by atoms with Gasteiger partial charge < -0.3 is 5.11 Å². The summed E-state index contributed by atoms with van der Waals surface area (Å²) < 4.78 is 14.4. The van der Waals surface area contributed by atoms with Crippen LogP contribution in [0.15, 0.2) is 64.8 Å². The molecule has 4 rings (SSSR count). The van der Waals surface area contributed by atoms with Crippen LogP contribution in [0.1, 0.15) is 11.3 Å². The third-order valence-electron chi connectivity index (χ3n) is 3.93. The van der Waals surface area contributed by atoms with Gasteiger partial charge in [-0.15, -0.1) is 11.3 Å². The molecule has 0 aliphatic carbocycles. The topological polar surface area (TPSA) is 70.9 Å². The minimum atomic E-state index is -0.288. The third kappa shape index (κ3) is 3.29. The number of rotatable bonds is 4. The van der Waals surface area contributed by atoms with Crippen molar-refractivity contribution >= 4 is 11.3 Å². The lowest BCUT2D eigenvalue weighted by Gasteiger charge is -2.00. The Morgan fingerprint density at radius 2 is 1.85 bits per heavy atom. The van der Waals surface area contributed by atoms with Crippen molar-refractivity contribution in [2.24, 2.45) is 0 Å². The fourth-order valence-electron chi connectivity index (χ4n) is 2.63. The monoisotopic (exact) mass is 367 g/mol. The first kappa shape index (κ1) is 16.3. The third-order valence-corrected chi connectivity index (χ3v) is 4.75. The number of nitrogens with one attached hydrogen (secondary N) is 1. The van der Waals surface area contributed by atoms with Crippen LogP contribution in [0.3, 0.4) is 0 Å². The van der Waals surface area contributed by atoms with Crippen LogP contribution in [0.2, 0.25) is 0 Å². The normalized spacial score (nSPS) is 11.0. The molecule has 0 atom stereocenters. The molecule has 0 radical (unpaired) electrons. The van der Waals surface area contributed by atoms with Crippen molar-refractivity contribution in [3.63, 3.8) is 0 Å². The first-order valence-corrected chi connectivity index (χ1v) is 8.77. The summed E-state index contributed by atoms with van der Waals surface area (Å²) in [6.45, 7) is 0. The maximum atomic E-state index is 13.0. The van der Waals surface area contributed by atoms with Gasteiger partial charge in [-0.2, -0.15) is 4.68 Å². The number of aromatic hydroxyl groups is 1. The number of aromatic nitrogens is 3. The molecule has 0 fully saturated rings. The van der Waals surface area contributed by atoms with Gasteiger partial charge in [-0.3, -0.25) is 9.89 Å². The summed E-state index contributed by atoms with van der Waals surface area (Å²) in [6.07, 6.45) is 0.499. The van der Waals surface area contributed by atoms with E-state index in [1.807, 2.05) is 5.38 Å². The number of thiazole rings is 1. The second-order valence-corrected chi connectivity index (χ2v) is 6.66. The van der Waals surface area contributed by atoms with Crippen LogP contribution in [-0.2, 0) is 6.42 Å². The summed E-state index contributed by atoms with van der Waals surface area (Å²) in [5.41, 5.74) is 3.02. The molecule has 2 aromatic heterocycles. The fraction of sp³-hybridized carbons (Fsp3) is 0.0526. The highest BCUT2D eigenvalue weighted by Crippen LogP contribution is 2.25. The predicted octanol–water partition coefficient (Wildman–Crippen LogP) is 3.72. The van der Waals surface area contributed by atoms with Crippen LogP contribution in [0.25, 0.3) is 16.4 Å². The highest BCUT2D eigenvalue weighted by molar-refractivity contribution is 7.12. The van der Waals surface area contributed by atoms with Crippen molar-refractivity contribution in [3.8, 4) is 22.1 Å². The second-order valence-electron chi connectivity index (χ2n) is 5.82. The van der Waals surface area contributed by atoms with Gasteiger partial charge in [0.1, 0.15) is 11.6 Å². The average molecular weight is 367 g/mol. The summed E-state index contributed by atoms with van der Waals surface area (Å²) in [4.78, 5) is 16.8. The summed E-state index contributed by atoms with van der Waals surface area (Å²) in [5, 5.41) is 14.8. The molecule has 2 aromatic carbocycles. The molecule has 0 bridgehead atoms. The highest BCUT2D eigenvalue weighted by atomic mass is 32.1. The predicted molar refractivity (Wildman–Crippen MR) is 98.4 cm³/mol. The summed E-state index contributed by atoms with van der Waals surface area (Å²) in [7, 11) is 0. The van der Waals surface area contributed by atoms with Gasteiger partial charge in [-0.25, -0.2) is 9.37 Å². The Kier molecular flexibility index (Phi) is 4.14. The molecule has 2 N–H and O–H groups in total. The number of benzene rings is 2. The Balaban J connectivity index is 1.60. The van der Waals surface area contributed by atoms with E-state index >= 15 is 0 Å².